The van der Waals surface area contributed by atoms with Gasteiger partial charge in [-0.2, -0.15) is 0 Å². The first kappa shape index (κ1) is 20.3. The summed E-state index contributed by atoms with van der Waals surface area (Å²) in [7, 11) is 0. The summed E-state index contributed by atoms with van der Waals surface area (Å²) in [4.78, 5) is 25.7. The third kappa shape index (κ3) is 4.54. The molecular formula is C25H26N2O2. The number of primary amides is 1. The Bertz CT molecular complexity index is 944. The molecule has 2 amide bonds. The number of benzene rings is 3. The molecule has 4 nitrogen and oxygen atoms in total. The summed E-state index contributed by atoms with van der Waals surface area (Å²) in [6.07, 6.45) is 0.350. The fourth-order valence-electron chi connectivity index (χ4n) is 3.57. The lowest BCUT2D eigenvalue weighted by atomic mass is 9.75. The molecule has 148 valence electrons. The Labute approximate surface area is 171 Å². The van der Waals surface area contributed by atoms with E-state index in [1.54, 1.807) is 0 Å². The van der Waals surface area contributed by atoms with Crippen LogP contribution in [0.3, 0.4) is 0 Å². The normalized spacial score (nSPS) is 12.2. The second-order valence-corrected chi connectivity index (χ2v) is 7.48. The van der Waals surface area contributed by atoms with Gasteiger partial charge in [-0.1, -0.05) is 90.5 Å². The fourth-order valence-corrected chi connectivity index (χ4v) is 3.57. The van der Waals surface area contributed by atoms with E-state index in [4.69, 9.17) is 5.73 Å². The van der Waals surface area contributed by atoms with Gasteiger partial charge in [0.15, 0.2) is 0 Å². The summed E-state index contributed by atoms with van der Waals surface area (Å²) in [5.41, 5.74) is 8.43. The summed E-state index contributed by atoms with van der Waals surface area (Å²) in [6, 6.07) is 26.2. The number of nitrogens with one attached hydrogen (secondary N) is 1. The minimum atomic E-state index is -0.956. The number of amides is 2. The molecule has 4 heteroatoms. The maximum absolute atomic E-state index is 13.5. The molecule has 0 fully saturated rings. The van der Waals surface area contributed by atoms with Crippen molar-refractivity contribution in [3.05, 3.63) is 107 Å². The minimum Gasteiger partial charge on any atom is -0.368 e. The van der Waals surface area contributed by atoms with Crippen LogP contribution >= 0.6 is 0 Å². The molecule has 0 aliphatic carbocycles. The van der Waals surface area contributed by atoms with Crippen molar-refractivity contribution in [3.8, 4) is 0 Å². The number of carbonyl (C=O) groups excluding carboxylic acids is 2. The molecule has 3 N–H and O–H groups in total. The average Bonchev–Trinajstić information content (AvgIpc) is 2.73. The van der Waals surface area contributed by atoms with Gasteiger partial charge in [0.05, 0.1) is 5.41 Å². The molecule has 3 aromatic carbocycles. The van der Waals surface area contributed by atoms with Crippen LogP contribution in [0.2, 0.25) is 0 Å². The molecule has 0 unspecified atom stereocenters. The van der Waals surface area contributed by atoms with Gasteiger partial charge in [-0.05, 0) is 30.5 Å². The van der Waals surface area contributed by atoms with Crippen molar-refractivity contribution in [1.29, 1.82) is 0 Å². The Kier molecular flexibility index (Phi) is 6.13. The van der Waals surface area contributed by atoms with Gasteiger partial charge < -0.3 is 11.1 Å². The molecule has 0 saturated heterocycles. The lowest BCUT2D eigenvalue weighted by molar-refractivity contribution is -0.129. The smallest absolute Gasteiger partial charge is 0.240 e. The highest BCUT2D eigenvalue weighted by Crippen LogP contribution is 2.32. The zero-order chi connectivity index (χ0) is 20.9. The second-order valence-electron chi connectivity index (χ2n) is 7.48. The zero-order valence-electron chi connectivity index (χ0n) is 16.8. The van der Waals surface area contributed by atoms with E-state index in [-0.39, 0.29) is 5.91 Å². The summed E-state index contributed by atoms with van der Waals surface area (Å²) in [5.74, 6) is -0.810. The first-order chi connectivity index (χ1) is 13.9. The van der Waals surface area contributed by atoms with E-state index in [2.05, 4.69) is 5.32 Å². The van der Waals surface area contributed by atoms with Gasteiger partial charge in [0.2, 0.25) is 11.8 Å². The third-order valence-corrected chi connectivity index (χ3v) is 5.33. The maximum atomic E-state index is 13.5. The summed E-state index contributed by atoms with van der Waals surface area (Å²) >= 11 is 0. The number of hydrogen-bond donors (Lipinski definition) is 2. The van der Waals surface area contributed by atoms with Gasteiger partial charge in [0.25, 0.3) is 0 Å². The van der Waals surface area contributed by atoms with Crippen molar-refractivity contribution in [2.24, 2.45) is 5.73 Å². The topological polar surface area (TPSA) is 72.2 Å². The largest absolute Gasteiger partial charge is 0.368 e. The molecule has 0 aromatic heterocycles. The van der Waals surface area contributed by atoms with Crippen LogP contribution in [0.25, 0.3) is 0 Å². The highest BCUT2D eigenvalue weighted by Gasteiger charge is 2.38. The predicted octanol–water partition coefficient (Wildman–Crippen LogP) is 3.51. The van der Waals surface area contributed by atoms with E-state index < -0.39 is 17.4 Å². The highest BCUT2D eigenvalue weighted by molar-refractivity contribution is 5.95. The van der Waals surface area contributed by atoms with Gasteiger partial charge in [-0.3, -0.25) is 9.59 Å². The number of aryl methyl sites for hydroxylation is 1. The molecule has 0 aliphatic heterocycles. The summed E-state index contributed by atoms with van der Waals surface area (Å²) in [6.45, 7) is 3.86. The van der Waals surface area contributed by atoms with Crippen molar-refractivity contribution in [3.63, 3.8) is 0 Å². The van der Waals surface area contributed by atoms with Crippen LogP contribution < -0.4 is 11.1 Å². The quantitative estimate of drug-likeness (QED) is 0.652. The molecule has 3 rings (SSSR count). The molecule has 29 heavy (non-hydrogen) atoms. The molecule has 0 spiro atoms. The van der Waals surface area contributed by atoms with Crippen LogP contribution in [0.5, 0.6) is 0 Å². The Morgan fingerprint density at radius 2 is 1.45 bits per heavy atom. The Morgan fingerprint density at radius 3 is 1.93 bits per heavy atom. The Morgan fingerprint density at radius 1 is 0.897 bits per heavy atom. The van der Waals surface area contributed by atoms with Crippen molar-refractivity contribution in [1.82, 2.24) is 5.32 Å². The second kappa shape index (κ2) is 8.74. The van der Waals surface area contributed by atoms with Gasteiger partial charge in [-0.15, -0.1) is 0 Å². The average molecular weight is 386 g/mol. The lowest BCUT2D eigenvalue weighted by Gasteiger charge is -2.31. The van der Waals surface area contributed by atoms with Crippen molar-refractivity contribution in [2.45, 2.75) is 31.7 Å². The fraction of sp³-hybridized carbons (Fsp3) is 0.200. The van der Waals surface area contributed by atoms with Crippen LogP contribution in [-0.4, -0.2) is 17.9 Å². The van der Waals surface area contributed by atoms with Crippen molar-refractivity contribution in [2.75, 3.05) is 0 Å². The van der Waals surface area contributed by atoms with Gasteiger partial charge in [0.1, 0.15) is 6.04 Å². The Hall–Kier alpha value is -3.40. The molecule has 0 heterocycles. The van der Waals surface area contributed by atoms with E-state index in [1.807, 2.05) is 98.8 Å². The molecule has 1 atom stereocenters. The predicted molar refractivity (Wildman–Crippen MR) is 115 cm³/mol. The number of carbonyl (C=O) groups is 2. The van der Waals surface area contributed by atoms with Crippen molar-refractivity contribution < 1.29 is 9.59 Å². The number of hydrogen-bond acceptors (Lipinski definition) is 2. The van der Waals surface area contributed by atoms with Gasteiger partial charge >= 0.3 is 0 Å². The number of rotatable bonds is 7. The molecule has 0 radical (unpaired) electrons. The SMILES string of the molecule is Cc1cccc(C[C@@H](NC(=O)C(C)(c2ccccc2)c2ccccc2)C(N)=O)c1. The van der Waals surface area contributed by atoms with Crippen molar-refractivity contribution >= 4 is 11.8 Å². The van der Waals surface area contributed by atoms with E-state index in [1.165, 1.54) is 0 Å². The first-order valence-corrected chi connectivity index (χ1v) is 9.68. The number of nitrogens with two attached hydrogens (primary N) is 1. The van der Waals surface area contributed by atoms with Gasteiger partial charge in [-0.25, -0.2) is 0 Å². The molecule has 3 aromatic rings. The molecule has 0 saturated carbocycles. The zero-order valence-corrected chi connectivity index (χ0v) is 16.8. The highest BCUT2D eigenvalue weighted by atomic mass is 16.2. The van der Waals surface area contributed by atoms with Crippen LogP contribution in [0.4, 0.5) is 0 Å². The van der Waals surface area contributed by atoms with Crippen LogP contribution in [0, 0.1) is 6.92 Å². The monoisotopic (exact) mass is 386 g/mol. The van der Waals surface area contributed by atoms with E-state index in [0.717, 1.165) is 22.3 Å². The summed E-state index contributed by atoms with van der Waals surface area (Å²) in [5, 5.41) is 2.91. The Balaban J connectivity index is 1.94. The maximum Gasteiger partial charge on any atom is 0.240 e. The van der Waals surface area contributed by atoms with E-state index in [0.29, 0.717) is 6.42 Å². The minimum absolute atomic E-state index is 0.258. The molecule has 0 aliphatic rings. The molecule has 0 bridgehead atoms. The standard InChI is InChI=1S/C25H26N2O2/c1-18-10-9-11-19(16-18)17-22(23(26)28)27-24(29)25(2,20-12-5-3-6-13-20)21-14-7-4-8-15-21/h3-16,22H,17H2,1-2H3,(H2,26,28)(H,27,29)/t22-/m1/s1. The van der Waals surface area contributed by atoms with E-state index in [9.17, 15) is 9.59 Å². The van der Waals surface area contributed by atoms with Crippen LogP contribution in [0.15, 0.2) is 84.9 Å². The summed E-state index contributed by atoms with van der Waals surface area (Å²) < 4.78 is 0. The lowest BCUT2D eigenvalue weighted by Crippen LogP contribution is -2.52. The van der Waals surface area contributed by atoms with E-state index >= 15 is 0 Å². The molecular weight excluding hydrogens is 360 g/mol. The van der Waals surface area contributed by atoms with Crippen LogP contribution in [-0.2, 0) is 21.4 Å². The van der Waals surface area contributed by atoms with Crippen LogP contribution in [0.1, 0.15) is 29.2 Å². The third-order valence-electron chi connectivity index (χ3n) is 5.33. The van der Waals surface area contributed by atoms with Gasteiger partial charge in [0, 0.05) is 6.42 Å². The first-order valence-electron chi connectivity index (χ1n) is 9.68.